The van der Waals surface area contributed by atoms with Crippen LogP contribution in [0.25, 0.3) is 0 Å². The highest BCUT2D eigenvalue weighted by Crippen LogP contribution is 1.80. The Morgan fingerprint density at radius 3 is 2.90 bits per heavy atom. The molecule has 0 aliphatic rings. The molecule has 0 aromatic heterocycles. The van der Waals surface area contributed by atoms with E-state index in [2.05, 4.69) is 11.9 Å². The van der Waals surface area contributed by atoms with Gasteiger partial charge in [-0.3, -0.25) is 4.79 Å². The van der Waals surface area contributed by atoms with Gasteiger partial charge >= 0.3 is 0 Å². The molecule has 0 aromatic rings. The van der Waals surface area contributed by atoms with Gasteiger partial charge in [0.1, 0.15) is 0 Å². The number of rotatable bonds is 5. The zero-order valence-corrected chi connectivity index (χ0v) is 6.26. The monoisotopic (exact) mass is 142 g/mol. The Morgan fingerprint density at radius 1 is 1.90 bits per heavy atom. The van der Waals surface area contributed by atoms with Gasteiger partial charge < -0.3 is 11.1 Å². The Kier molecular flexibility index (Phi) is 4.58. The summed E-state index contributed by atoms with van der Waals surface area (Å²) in [6.07, 6.45) is 2.65. The van der Waals surface area contributed by atoms with Crippen LogP contribution in [-0.4, -0.2) is 18.5 Å². The van der Waals surface area contributed by atoms with Crippen LogP contribution in [0.5, 0.6) is 0 Å². The van der Waals surface area contributed by atoms with E-state index in [1.165, 1.54) is 0 Å². The van der Waals surface area contributed by atoms with Crippen molar-refractivity contribution in [2.24, 2.45) is 5.73 Å². The van der Waals surface area contributed by atoms with Crippen molar-refractivity contribution in [3.8, 4) is 0 Å². The van der Waals surface area contributed by atoms with Gasteiger partial charge in [-0.25, -0.2) is 0 Å². The van der Waals surface area contributed by atoms with Crippen molar-refractivity contribution in [1.29, 1.82) is 0 Å². The quantitative estimate of drug-likeness (QED) is 0.420. The summed E-state index contributed by atoms with van der Waals surface area (Å²) < 4.78 is 0. The molecule has 0 saturated heterocycles. The number of nitrogens with two attached hydrogens (primary N) is 1. The second kappa shape index (κ2) is 4.99. The Labute approximate surface area is 61.3 Å². The highest BCUT2D eigenvalue weighted by molar-refractivity contribution is 5.79. The maximum absolute atomic E-state index is 10.4. The first kappa shape index (κ1) is 9.17. The summed E-state index contributed by atoms with van der Waals surface area (Å²) in [5.41, 5.74) is 4.99. The second-order valence-electron chi connectivity index (χ2n) is 2.16. The topological polar surface area (TPSA) is 55.1 Å². The molecular formula is C7H14N2O. The number of amides is 1. The minimum Gasteiger partial charge on any atom is -0.368 e. The van der Waals surface area contributed by atoms with Crippen LogP contribution in [0.4, 0.5) is 0 Å². The van der Waals surface area contributed by atoms with Crippen LogP contribution >= 0.6 is 0 Å². The molecule has 0 heterocycles. The van der Waals surface area contributed by atoms with E-state index in [1.807, 2.05) is 0 Å². The molecule has 0 bridgehead atoms. The van der Waals surface area contributed by atoms with Gasteiger partial charge in [-0.15, -0.1) is 6.58 Å². The average molecular weight is 142 g/mol. The number of nitrogens with one attached hydrogen (secondary N) is 1. The second-order valence-corrected chi connectivity index (χ2v) is 2.16. The zero-order chi connectivity index (χ0) is 7.98. The number of hydrogen-bond acceptors (Lipinski definition) is 2. The standard InChI is InChI=1S/C7H14N2O/c1-3-4-5-9-6(2)7(8)10/h3,6,9H,1,4-5H2,2H3,(H2,8,10). The molecule has 0 spiro atoms. The van der Waals surface area contributed by atoms with Crippen molar-refractivity contribution in [3.05, 3.63) is 12.7 Å². The van der Waals surface area contributed by atoms with Gasteiger partial charge in [-0.05, 0) is 19.9 Å². The lowest BCUT2D eigenvalue weighted by atomic mass is 10.3. The molecule has 3 heteroatoms. The third-order valence-electron chi connectivity index (χ3n) is 1.23. The maximum atomic E-state index is 10.4. The van der Waals surface area contributed by atoms with Crippen LogP contribution < -0.4 is 11.1 Å². The summed E-state index contributed by atoms with van der Waals surface area (Å²) in [6, 6.07) is -0.236. The number of hydrogen-bond donors (Lipinski definition) is 2. The summed E-state index contributed by atoms with van der Waals surface area (Å²) in [4.78, 5) is 10.4. The third-order valence-corrected chi connectivity index (χ3v) is 1.23. The zero-order valence-electron chi connectivity index (χ0n) is 6.26. The lowest BCUT2D eigenvalue weighted by Crippen LogP contribution is -2.38. The Hall–Kier alpha value is -0.830. The Balaban J connectivity index is 3.30. The molecule has 0 fully saturated rings. The summed E-state index contributed by atoms with van der Waals surface area (Å²) in [7, 11) is 0. The van der Waals surface area contributed by atoms with Gasteiger partial charge in [0, 0.05) is 0 Å². The number of carbonyl (C=O) groups is 1. The average Bonchev–Trinajstić information content (AvgIpc) is 1.88. The van der Waals surface area contributed by atoms with E-state index in [-0.39, 0.29) is 11.9 Å². The van der Waals surface area contributed by atoms with E-state index in [0.717, 1.165) is 13.0 Å². The molecule has 1 amide bonds. The Bertz CT molecular complexity index is 123. The van der Waals surface area contributed by atoms with Gasteiger partial charge in [-0.1, -0.05) is 6.08 Å². The predicted octanol–water partition coefficient (Wildman–Crippen LogP) is 0.0259. The van der Waals surface area contributed by atoms with Crippen molar-refractivity contribution >= 4 is 5.91 Å². The van der Waals surface area contributed by atoms with Crippen LogP contribution in [0.15, 0.2) is 12.7 Å². The normalized spacial score (nSPS) is 12.5. The predicted molar refractivity (Wildman–Crippen MR) is 41.5 cm³/mol. The molecule has 3 N–H and O–H groups in total. The minimum atomic E-state index is -0.316. The van der Waals surface area contributed by atoms with Crippen molar-refractivity contribution in [2.45, 2.75) is 19.4 Å². The molecular weight excluding hydrogens is 128 g/mol. The van der Waals surface area contributed by atoms with Crippen LogP contribution in [0.3, 0.4) is 0 Å². The highest BCUT2D eigenvalue weighted by Gasteiger charge is 2.04. The third kappa shape index (κ3) is 4.09. The van der Waals surface area contributed by atoms with Gasteiger partial charge in [-0.2, -0.15) is 0 Å². The number of primary amides is 1. The molecule has 0 aromatic carbocycles. The van der Waals surface area contributed by atoms with E-state index in [4.69, 9.17) is 5.73 Å². The molecule has 58 valence electrons. The summed E-state index contributed by atoms with van der Waals surface area (Å²) in [6.45, 7) is 6.05. The lowest BCUT2D eigenvalue weighted by Gasteiger charge is -2.07. The Morgan fingerprint density at radius 2 is 2.50 bits per heavy atom. The molecule has 0 rings (SSSR count). The fourth-order valence-electron chi connectivity index (χ4n) is 0.502. The van der Waals surface area contributed by atoms with Crippen LogP contribution in [0.2, 0.25) is 0 Å². The van der Waals surface area contributed by atoms with E-state index < -0.39 is 0 Å². The first-order valence-corrected chi connectivity index (χ1v) is 3.32. The lowest BCUT2D eigenvalue weighted by molar-refractivity contribution is -0.119. The van der Waals surface area contributed by atoms with E-state index in [0.29, 0.717) is 0 Å². The molecule has 10 heavy (non-hydrogen) atoms. The first-order valence-electron chi connectivity index (χ1n) is 3.32. The van der Waals surface area contributed by atoms with E-state index in [9.17, 15) is 4.79 Å². The molecule has 3 nitrogen and oxygen atoms in total. The van der Waals surface area contributed by atoms with Gasteiger partial charge in [0.15, 0.2) is 0 Å². The fourth-order valence-corrected chi connectivity index (χ4v) is 0.502. The summed E-state index contributed by atoms with van der Waals surface area (Å²) >= 11 is 0. The molecule has 0 aliphatic carbocycles. The van der Waals surface area contributed by atoms with Gasteiger partial charge in [0.05, 0.1) is 6.04 Å². The van der Waals surface area contributed by atoms with Crippen molar-refractivity contribution in [1.82, 2.24) is 5.32 Å². The molecule has 0 saturated carbocycles. The largest absolute Gasteiger partial charge is 0.368 e. The van der Waals surface area contributed by atoms with Crippen LogP contribution in [0.1, 0.15) is 13.3 Å². The van der Waals surface area contributed by atoms with Crippen molar-refractivity contribution < 1.29 is 4.79 Å². The first-order chi connectivity index (χ1) is 4.68. The smallest absolute Gasteiger partial charge is 0.234 e. The maximum Gasteiger partial charge on any atom is 0.234 e. The van der Waals surface area contributed by atoms with Crippen molar-refractivity contribution in [2.75, 3.05) is 6.54 Å². The van der Waals surface area contributed by atoms with Gasteiger partial charge in [0.2, 0.25) is 5.91 Å². The molecule has 0 radical (unpaired) electrons. The van der Waals surface area contributed by atoms with E-state index in [1.54, 1.807) is 13.0 Å². The van der Waals surface area contributed by atoms with E-state index >= 15 is 0 Å². The SMILES string of the molecule is C=CCCNC(C)C(N)=O. The van der Waals surface area contributed by atoms with Crippen LogP contribution in [-0.2, 0) is 4.79 Å². The van der Waals surface area contributed by atoms with Crippen LogP contribution in [0, 0.1) is 0 Å². The molecule has 1 atom stereocenters. The molecule has 1 unspecified atom stereocenters. The van der Waals surface area contributed by atoms with Crippen molar-refractivity contribution in [3.63, 3.8) is 0 Å². The summed E-state index contributed by atoms with van der Waals surface area (Å²) in [5.74, 6) is -0.316. The van der Waals surface area contributed by atoms with Gasteiger partial charge in [0.25, 0.3) is 0 Å². The minimum absolute atomic E-state index is 0.236. The summed E-state index contributed by atoms with van der Waals surface area (Å²) in [5, 5.41) is 2.94. The number of carbonyl (C=O) groups excluding carboxylic acids is 1. The fraction of sp³-hybridized carbons (Fsp3) is 0.571. The molecule has 0 aliphatic heterocycles. The highest BCUT2D eigenvalue weighted by atomic mass is 16.1.